The largest absolute Gasteiger partial charge is 0.493 e. The van der Waals surface area contributed by atoms with Crippen LogP contribution in [-0.2, 0) is 6.54 Å². The van der Waals surface area contributed by atoms with Crippen molar-refractivity contribution < 1.29 is 9.84 Å². The second kappa shape index (κ2) is 7.28. The van der Waals surface area contributed by atoms with Crippen molar-refractivity contribution in [2.24, 2.45) is 5.92 Å². The molecular formula is C18H27NO2. The number of hydrogen-bond acceptors (Lipinski definition) is 3. The average molecular weight is 289 g/mol. The summed E-state index contributed by atoms with van der Waals surface area (Å²) in [5.41, 5.74) is 1.31. The molecule has 116 valence electrons. The molecule has 1 aromatic carbocycles. The van der Waals surface area contributed by atoms with E-state index < -0.39 is 0 Å². The molecule has 1 saturated heterocycles. The molecule has 3 heteroatoms. The summed E-state index contributed by atoms with van der Waals surface area (Å²) in [5, 5.41) is 9.04. The summed E-state index contributed by atoms with van der Waals surface area (Å²) < 4.78 is 6.02. The van der Waals surface area contributed by atoms with Crippen LogP contribution in [-0.4, -0.2) is 35.8 Å². The van der Waals surface area contributed by atoms with Gasteiger partial charge in [0.15, 0.2) is 0 Å². The number of ether oxygens (including phenoxy) is 1. The first-order valence-corrected chi connectivity index (χ1v) is 8.42. The fourth-order valence-corrected chi connectivity index (χ4v) is 3.24. The van der Waals surface area contributed by atoms with Crippen LogP contribution in [0.15, 0.2) is 24.3 Å². The van der Waals surface area contributed by atoms with Crippen molar-refractivity contribution in [3.8, 4) is 5.75 Å². The fourth-order valence-electron chi connectivity index (χ4n) is 3.24. The highest BCUT2D eigenvalue weighted by atomic mass is 16.5. The molecule has 0 amide bonds. The second-order valence-corrected chi connectivity index (χ2v) is 6.49. The van der Waals surface area contributed by atoms with Crippen molar-refractivity contribution in [1.29, 1.82) is 0 Å². The Kier molecular flexibility index (Phi) is 5.15. The number of para-hydroxylation sites is 1. The summed E-state index contributed by atoms with van der Waals surface area (Å²) in [6.45, 7) is 3.35. The van der Waals surface area contributed by atoms with Crippen molar-refractivity contribution in [2.75, 3.05) is 19.8 Å². The minimum Gasteiger partial charge on any atom is -0.493 e. The molecule has 1 heterocycles. The molecule has 3 rings (SSSR count). The van der Waals surface area contributed by atoms with Crippen LogP contribution in [0.25, 0.3) is 0 Å². The number of rotatable bonds is 8. The molecule has 1 unspecified atom stereocenters. The van der Waals surface area contributed by atoms with E-state index in [-0.39, 0.29) is 0 Å². The van der Waals surface area contributed by atoms with E-state index in [4.69, 9.17) is 9.84 Å². The molecule has 0 spiro atoms. The van der Waals surface area contributed by atoms with Gasteiger partial charge < -0.3 is 9.84 Å². The molecule has 1 N–H and O–H groups in total. The van der Waals surface area contributed by atoms with Crippen molar-refractivity contribution in [3.05, 3.63) is 29.8 Å². The molecule has 0 aromatic heterocycles. The quantitative estimate of drug-likeness (QED) is 0.797. The van der Waals surface area contributed by atoms with Crippen LogP contribution in [0.5, 0.6) is 5.75 Å². The van der Waals surface area contributed by atoms with Gasteiger partial charge in [0.05, 0.1) is 6.61 Å². The summed E-state index contributed by atoms with van der Waals surface area (Å²) >= 11 is 0. The van der Waals surface area contributed by atoms with Crippen LogP contribution in [0.1, 0.15) is 44.1 Å². The van der Waals surface area contributed by atoms with Gasteiger partial charge in [-0.1, -0.05) is 18.2 Å². The Morgan fingerprint density at radius 2 is 2.05 bits per heavy atom. The van der Waals surface area contributed by atoms with E-state index in [0.29, 0.717) is 12.6 Å². The van der Waals surface area contributed by atoms with E-state index in [2.05, 4.69) is 29.2 Å². The number of aliphatic hydroxyl groups is 1. The van der Waals surface area contributed by atoms with Crippen molar-refractivity contribution in [2.45, 2.75) is 51.1 Å². The predicted octanol–water partition coefficient (Wildman–Crippen LogP) is 3.21. The number of likely N-dealkylation sites (tertiary alicyclic amines) is 1. The van der Waals surface area contributed by atoms with E-state index in [0.717, 1.165) is 37.7 Å². The molecule has 1 atom stereocenters. The van der Waals surface area contributed by atoms with Gasteiger partial charge in [0.25, 0.3) is 0 Å². The van der Waals surface area contributed by atoms with Crippen LogP contribution in [0.3, 0.4) is 0 Å². The number of aliphatic hydroxyl groups excluding tert-OH is 1. The van der Waals surface area contributed by atoms with Crippen LogP contribution in [0.2, 0.25) is 0 Å². The van der Waals surface area contributed by atoms with Gasteiger partial charge in [-0.3, -0.25) is 4.90 Å². The third-order valence-electron chi connectivity index (χ3n) is 4.71. The van der Waals surface area contributed by atoms with Crippen molar-refractivity contribution >= 4 is 0 Å². The van der Waals surface area contributed by atoms with Crippen LogP contribution in [0.4, 0.5) is 0 Å². The van der Waals surface area contributed by atoms with Gasteiger partial charge >= 0.3 is 0 Å². The molecule has 0 radical (unpaired) electrons. The molecule has 21 heavy (non-hydrogen) atoms. The molecule has 1 aliphatic carbocycles. The van der Waals surface area contributed by atoms with Crippen LogP contribution >= 0.6 is 0 Å². The fraction of sp³-hybridized carbons (Fsp3) is 0.667. The zero-order valence-corrected chi connectivity index (χ0v) is 12.8. The lowest BCUT2D eigenvalue weighted by Crippen LogP contribution is -2.29. The number of benzene rings is 1. The first-order chi connectivity index (χ1) is 10.4. The number of nitrogens with zero attached hydrogens (tertiary/aromatic N) is 1. The summed E-state index contributed by atoms with van der Waals surface area (Å²) in [7, 11) is 0. The van der Waals surface area contributed by atoms with E-state index in [9.17, 15) is 0 Å². The lowest BCUT2D eigenvalue weighted by molar-refractivity contribution is 0.206. The summed E-state index contributed by atoms with van der Waals surface area (Å²) in [6.07, 6.45) is 7.24. The third-order valence-corrected chi connectivity index (χ3v) is 4.71. The summed E-state index contributed by atoms with van der Waals surface area (Å²) in [4.78, 5) is 2.56. The Morgan fingerprint density at radius 3 is 2.86 bits per heavy atom. The zero-order valence-electron chi connectivity index (χ0n) is 12.8. The minimum atomic E-state index is 0.311. The maximum Gasteiger partial charge on any atom is 0.123 e. The highest BCUT2D eigenvalue weighted by Crippen LogP contribution is 2.31. The third kappa shape index (κ3) is 4.21. The van der Waals surface area contributed by atoms with Gasteiger partial charge in [-0.05, 0) is 57.1 Å². The van der Waals surface area contributed by atoms with Gasteiger partial charge in [0.2, 0.25) is 0 Å². The molecule has 1 saturated carbocycles. The number of hydrogen-bond donors (Lipinski definition) is 1. The molecule has 1 aromatic rings. The minimum absolute atomic E-state index is 0.311. The van der Waals surface area contributed by atoms with E-state index in [1.807, 2.05) is 0 Å². The van der Waals surface area contributed by atoms with Crippen LogP contribution in [0, 0.1) is 5.92 Å². The highest BCUT2D eigenvalue weighted by Gasteiger charge is 2.25. The normalized spacial score (nSPS) is 22.6. The molecule has 3 nitrogen and oxygen atoms in total. The lowest BCUT2D eigenvalue weighted by atomic mass is 10.1. The summed E-state index contributed by atoms with van der Waals surface area (Å²) in [5.74, 6) is 1.86. The van der Waals surface area contributed by atoms with Gasteiger partial charge in [0.1, 0.15) is 5.75 Å². The predicted molar refractivity (Wildman–Crippen MR) is 84.4 cm³/mol. The van der Waals surface area contributed by atoms with Gasteiger partial charge in [-0.2, -0.15) is 0 Å². The van der Waals surface area contributed by atoms with E-state index in [1.165, 1.54) is 37.8 Å². The standard InChI is InChI=1S/C18H27NO2/c20-12-4-7-17-6-3-11-19(17)13-16-5-1-2-8-18(16)21-14-15-9-10-15/h1-2,5,8,15,17,20H,3-4,6-7,9-14H2. The highest BCUT2D eigenvalue weighted by molar-refractivity contribution is 5.33. The van der Waals surface area contributed by atoms with Crippen molar-refractivity contribution in [1.82, 2.24) is 4.90 Å². The van der Waals surface area contributed by atoms with Gasteiger partial charge in [-0.25, -0.2) is 0 Å². The van der Waals surface area contributed by atoms with Crippen LogP contribution < -0.4 is 4.74 Å². The van der Waals surface area contributed by atoms with E-state index in [1.54, 1.807) is 0 Å². The Labute approximate surface area is 127 Å². The Balaban J connectivity index is 1.60. The Hall–Kier alpha value is -1.06. The van der Waals surface area contributed by atoms with E-state index >= 15 is 0 Å². The molecule has 2 fully saturated rings. The Morgan fingerprint density at radius 1 is 1.19 bits per heavy atom. The maximum absolute atomic E-state index is 9.04. The smallest absolute Gasteiger partial charge is 0.123 e. The molecular weight excluding hydrogens is 262 g/mol. The zero-order chi connectivity index (χ0) is 14.5. The topological polar surface area (TPSA) is 32.7 Å². The first kappa shape index (κ1) is 14.9. The maximum atomic E-state index is 9.04. The second-order valence-electron chi connectivity index (χ2n) is 6.49. The van der Waals surface area contributed by atoms with Gasteiger partial charge in [-0.15, -0.1) is 0 Å². The Bertz CT molecular complexity index is 445. The molecule has 1 aliphatic heterocycles. The molecule has 0 bridgehead atoms. The molecule has 2 aliphatic rings. The average Bonchev–Trinajstić information content (AvgIpc) is 3.24. The summed E-state index contributed by atoms with van der Waals surface area (Å²) in [6, 6.07) is 9.12. The lowest BCUT2D eigenvalue weighted by Gasteiger charge is -2.25. The first-order valence-electron chi connectivity index (χ1n) is 8.42. The van der Waals surface area contributed by atoms with Gasteiger partial charge in [0, 0.05) is 24.8 Å². The SMILES string of the molecule is OCCCC1CCCN1Cc1ccccc1OCC1CC1. The van der Waals surface area contributed by atoms with Crippen molar-refractivity contribution in [3.63, 3.8) is 0 Å². The monoisotopic (exact) mass is 289 g/mol.